The molecule has 1 aromatic heterocycles. The fourth-order valence-corrected chi connectivity index (χ4v) is 10.3. The first-order valence-electron chi connectivity index (χ1n) is 10.1. The summed E-state index contributed by atoms with van der Waals surface area (Å²) < 4.78 is 2.83. The number of hydrogen-bond donors (Lipinski definition) is 0. The third kappa shape index (κ3) is 5.65. The number of pyridine rings is 1. The van der Waals surface area contributed by atoms with Gasteiger partial charge < -0.3 is 17.3 Å². The Kier molecular flexibility index (Phi) is 10.1. The van der Waals surface area contributed by atoms with Gasteiger partial charge in [-0.2, -0.15) is 0 Å². The fraction of sp³-hybridized carbons (Fsp3) is 0.545. The zero-order valence-electron chi connectivity index (χ0n) is 18.0. The Hall–Kier alpha value is 0.0612. The molecule has 1 saturated carbocycles. The summed E-state index contributed by atoms with van der Waals surface area (Å²) in [7, 11) is 8.28. The maximum absolute atomic E-state index is 4.89. The van der Waals surface area contributed by atoms with Gasteiger partial charge in [-0.25, -0.2) is 0 Å². The molecule has 1 aliphatic heterocycles. The van der Waals surface area contributed by atoms with E-state index in [1.807, 2.05) is 12.3 Å². The molecule has 2 fully saturated rings. The van der Waals surface area contributed by atoms with Crippen LogP contribution in [0.3, 0.4) is 0 Å². The monoisotopic (exact) mass is 485 g/mol. The van der Waals surface area contributed by atoms with E-state index in [1.54, 1.807) is 0 Å². The number of rotatable bonds is 3. The van der Waals surface area contributed by atoms with E-state index in [-0.39, 0.29) is 7.43 Å². The molecule has 29 heavy (non-hydrogen) atoms. The quantitative estimate of drug-likeness (QED) is 0.366. The molecule has 3 nitrogen and oxygen atoms in total. The minimum atomic E-state index is -1.50. The normalized spacial score (nSPS) is 29.1. The molecule has 2 aliphatic carbocycles. The molecule has 4 rings (SSSR count). The Morgan fingerprint density at radius 1 is 1.21 bits per heavy atom. The van der Waals surface area contributed by atoms with Gasteiger partial charge >= 0.3 is 35.6 Å². The number of piperazine rings is 1. The van der Waals surface area contributed by atoms with E-state index >= 15 is 0 Å². The maximum atomic E-state index is 4.89. The van der Waals surface area contributed by atoms with E-state index in [0.29, 0.717) is 11.8 Å². The van der Waals surface area contributed by atoms with Gasteiger partial charge in [0.25, 0.3) is 0 Å². The first kappa shape index (κ1) is 25.3. The van der Waals surface area contributed by atoms with E-state index in [1.165, 1.54) is 30.8 Å². The van der Waals surface area contributed by atoms with E-state index < -0.39 is 25.3 Å². The predicted octanol–water partition coefficient (Wildman–Crippen LogP) is 6.40. The van der Waals surface area contributed by atoms with E-state index in [0.717, 1.165) is 24.5 Å². The topological polar surface area (TPSA) is 30.2 Å². The zero-order chi connectivity index (χ0) is 20.1. The number of fused-ring (bicyclic) bond motifs is 1. The van der Waals surface area contributed by atoms with Crippen molar-refractivity contribution >= 4 is 32.4 Å². The van der Waals surface area contributed by atoms with Crippen molar-refractivity contribution in [1.29, 1.82) is 0 Å². The van der Waals surface area contributed by atoms with Crippen molar-refractivity contribution in [2.24, 2.45) is 17.8 Å². The van der Waals surface area contributed by atoms with Crippen LogP contribution in [0.5, 0.6) is 0 Å². The average molecular weight is 486 g/mol. The van der Waals surface area contributed by atoms with Crippen LogP contribution >= 0.6 is 18.6 Å². The minimum absolute atomic E-state index is 0. The molecule has 2 heterocycles. The molecule has 1 aromatic rings. The third-order valence-electron chi connectivity index (χ3n) is 6.77. The number of allylic oxidation sites excluding steroid dienone is 4. The molecule has 160 valence electrons. The van der Waals surface area contributed by atoms with E-state index in [4.69, 9.17) is 18.6 Å². The van der Waals surface area contributed by atoms with Gasteiger partial charge in [0.1, 0.15) is 8.24 Å². The molecular formula is C22H33Cl2N3SiTi-2. The van der Waals surface area contributed by atoms with Crippen molar-refractivity contribution in [2.75, 3.05) is 26.2 Å². The summed E-state index contributed by atoms with van der Waals surface area (Å²) in [5, 5.41) is 4.57. The van der Waals surface area contributed by atoms with Gasteiger partial charge in [0, 0.05) is 6.20 Å². The molecule has 0 aromatic carbocycles. The Labute approximate surface area is 195 Å². The second-order valence-electron chi connectivity index (χ2n) is 8.53. The van der Waals surface area contributed by atoms with Gasteiger partial charge in [0.2, 0.25) is 0 Å². The number of hydrogen-bond acceptors (Lipinski definition) is 2. The summed E-state index contributed by atoms with van der Waals surface area (Å²) in [5.41, 5.74) is 3.45. The molecule has 0 amide bonds. The number of aromatic nitrogens is 1. The Morgan fingerprint density at radius 2 is 1.90 bits per heavy atom. The average Bonchev–Trinajstić information content (AvgIpc) is 3.06. The van der Waals surface area contributed by atoms with Crippen molar-refractivity contribution in [3.05, 3.63) is 61.1 Å². The molecule has 1 saturated heterocycles. The Balaban J connectivity index is 0.000000708. The first-order chi connectivity index (χ1) is 13.5. The van der Waals surface area contributed by atoms with Crippen LogP contribution in [0.15, 0.2) is 42.6 Å². The molecular weight excluding hydrogens is 453 g/mol. The van der Waals surface area contributed by atoms with Gasteiger partial charge in [-0.05, 0) is 60.5 Å². The number of halogens is 2. The van der Waals surface area contributed by atoms with Crippen molar-refractivity contribution in [3.63, 3.8) is 0 Å². The zero-order valence-corrected chi connectivity index (χ0v) is 22.1. The van der Waals surface area contributed by atoms with Crippen molar-refractivity contribution < 1.29 is 17.0 Å². The molecule has 0 spiro atoms. The summed E-state index contributed by atoms with van der Waals surface area (Å²) in [6, 6.07) is 6.30. The summed E-state index contributed by atoms with van der Waals surface area (Å²) in [5.74, 6) is 2.10. The van der Waals surface area contributed by atoms with Crippen molar-refractivity contribution in [3.8, 4) is 0 Å². The standard InChI is InChI=1S/C21H30N3Si.CH3.2ClH.Ti/c1-16-15-19-17(20-9-4-5-10-23-20)7-6-8-18(19)21(16)25(2,3)24-13-11-22-12-14-24;;;;/h4-10,16,18-19,21H,11-15H2,1-3H3;1H3;2*1H;/q2*-1;;;+2/p-2. The summed E-state index contributed by atoms with van der Waals surface area (Å²) in [4.78, 5) is 4.65. The fourth-order valence-electron chi connectivity index (χ4n) is 5.70. The summed E-state index contributed by atoms with van der Waals surface area (Å²) in [6.07, 6.45) is 10.3. The number of nitrogens with zero attached hydrogens (tertiary/aromatic N) is 3. The van der Waals surface area contributed by atoms with E-state index in [2.05, 4.69) is 65.2 Å². The van der Waals surface area contributed by atoms with Crippen LogP contribution in [0.4, 0.5) is 0 Å². The van der Waals surface area contributed by atoms with Gasteiger partial charge in [-0.3, -0.25) is 4.98 Å². The molecule has 4 atom stereocenters. The molecule has 4 unspecified atom stereocenters. The summed E-state index contributed by atoms with van der Waals surface area (Å²) >= 11 is -0.556. The van der Waals surface area contributed by atoms with Crippen LogP contribution < -0.4 is 0 Å². The van der Waals surface area contributed by atoms with Crippen LogP contribution in [0.2, 0.25) is 18.6 Å². The third-order valence-corrected chi connectivity index (χ3v) is 11.4. The first-order valence-corrected chi connectivity index (χ1v) is 17.5. The molecule has 0 radical (unpaired) electrons. The molecule has 0 bridgehead atoms. The Morgan fingerprint density at radius 3 is 2.52 bits per heavy atom. The van der Waals surface area contributed by atoms with Crippen LogP contribution in [-0.4, -0.2) is 44.0 Å². The van der Waals surface area contributed by atoms with Crippen LogP contribution in [0.25, 0.3) is 10.9 Å². The second-order valence-corrected chi connectivity index (χ2v) is 15.7. The van der Waals surface area contributed by atoms with Gasteiger partial charge in [-0.15, -0.1) is 13.1 Å². The van der Waals surface area contributed by atoms with Gasteiger partial charge in [-0.1, -0.05) is 44.3 Å². The van der Waals surface area contributed by atoms with Crippen LogP contribution in [-0.2, 0) is 17.0 Å². The van der Waals surface area contributed by atoms with Crippen LogP contribution in [0.1, 0.15) is 19.0 Å². The molecule has 7 heteroatoms. The summed E-state index contributed by atoms with van der Waals surface area (Å²) in [6.45, 7) is 12.1. The molecule has 0 N–H and O–H groups in total. The predicted molar refractivity (Wildman–Crippen MR) is 126 cm³/mol. The van der Waals surface area contributed by atoms with Gasteiger partial charge in [0.15, 0.2) is 0 Å². The van der Waals surface area contributed by atoms with E-state index in [9.17, 15) is 0 Å². The SMILES string of the molecule is CC1CC2C(c3ccccn3)=CC=CC2C1[Si](C)(C)N1CC[N-]CC1.[CH3-].[Cl][Ti][Cl]. The van der Waals surface area contributed by atoms with Gasteiger partial charge in [0.05, 0.1) is 5.69 Å². The molecule has 3 aliphatic rings. The van der Waals surface area contributed by atoms with Crippen LogP contribution in [0, 0.1) is 25.2 Å². The second kappa shape index (κ2) is 11.6. The van der Waals surface area contributed by atoms with Crippen molar-refractivity contribution in [1.82, 2.24) is 9.55 Å². The van der Waals surface area contributed by atoms with Crippen molar-refractivity contribution in [2.45, 2.75) is 32.0 Å². The Bertz CT molecular complexity index is 693.